The van der Waals surface area contributed by atoms with Crippen LogP contribution >= 0.6 is 23.4 Å². The summed E-state index contributed by atoms with van der Waals surface area (Å²) < 4.78 is 0. The Morgan fingerprint density at radius 1 is 1.26 bits per heavy atom. The lowest BCUT2D eigenvalue weighted by Crippen LogP contribution is -2.01. The Balaban J connectivity index is 2.36. The van der Waals surface area contributed by atoms with Crippen molar-refractivity contribution in [1.29, 1.82) is 0 Å². The summed E-state index contributed by atoms with van der Waals surface area (Å²) in [5, 5.41) is 9.77. The van der Waals surface area contributed by atoms with Gasteiger partial charge in [-0.1, -0.05) is 35.5 Å². The van der Waals surface area contributed by atoms with Crippen LogP contribution in [-0.4, -0.2) is 16.1 Å². The molecule has 0 saturated carbocycles. The molecule has 0 fully saturated rings. The van der Waals surface area contributed by atoms with E-state index in [0.29, 0.717) is 5.03 Å². The van der Waals surface area contributed by atoms with E-state index < -0.39 is 5.97 Å². The van der Waals surface area contributed by atoms with E-state index >= 15 is 0 Å². The first-order chi connectivity index (χ1) is 8.97. The maximum Gasteiger partial charge on any atom is 0.356 e. The largest absolute Gasteiger partial charge is 0.476 e. The number of hydrogen-bond donors (Lipinski definition) is 1. The Labute approximate surface area is 120 Å². The molecule has 2 rings (SSSR count). The lowest BCUT2D eigenvalue weighted by Gasteiger charge is -2.07. The van der Waals surface area contributed by atoms with Gasteiger partial charge in [0, 0.05) is 4.90 Å². The summed E-state index contributed by atoms with van der Waals surface area (Å²) in [4.78, 5) is 16.1. The molecule has 0 atom stereocenters. The van der Waals surface area contributed by atoms with Crippen molar-refractivity contribution >= 4 is 29.3 Å². The molecule has 1 aromatic heterocycles. The molecule has 0 aliphatic heterocycles. The summed E-state index contributed by atoms with van der Waals surface area (Å²) in [7, 11) is 0. The highest BCUT2D eigenvalue weighted by molar-refractivity contribution is 7.99. The van der Waals surface area contributed by atoms with Crippen LogP contribution < -0.4 is 0 Å². The number of aromatic nitrogens is 1. The molecule has 1 N–H and O–H groups in total. The molecule has 0 aliphatic rings. The molecule has 2 aromatic rings. The maximum absolute atomic E-state index is 11.0. The Morgan fingerprint density at radius 2 is 2.00 bits per heavy atom. The summed E-state index contributed by atoms with van der Waals surface area (Å²) >= 11 is 7.23. The van der Waals surface area contributed by atoms with Gasteiger partial charge >= 0.3 is 5.97 Å². The lowest BCUT2D eigenvalue weighted by molar-refractivity contribution is 0.0690. The normalized spacial score (nSPS) is 10.5. The zero-order valence-corrected chi connectivity index (χ0v) is 12.0. The van der Waals surface area contributed by atoms with E-state index in [1.807, 2.05) is 26.0 Å². The van der Waals surface area contributed by atoms with Crippen LogP contribution in [-0.2, 0) is 0 Å². The van der Waals surface area contributed by atoms with Gasteiger partial charge in [0.2, 0.25) is 0 Å². The van der Waals surface area contributed by atoms with E-state index in [0.717, 1.165) is 16.0 Å². The van der Waals surface area contributed by atoms with Crippen LogP contribution in [0.3, 0.4) is 0 Å². The topological polar surface area (TPSA) is 50.2 Å². The number of nitrogens with zero attached hydrogens (tertiary/aromatic N) is 1. The number of halogens is 1. The Morgan fingerprint density at radius 3 is 2.68 bits per heavy atom. The van der Waals surface area contributed by atoms with Gasteiger partial charge < -0.3 is 5.11 Å². The SMILES string of the molecule is Cc1ccc(C)c(Sc2ccc(Cl)c(C(=O)O)n2)c1. The van der Waals surface area contributed by atoms with Gasteiger partial charge in [-0.25, -0.2) is 9.78 Å². The van der Waals surface area contributed by atoms with Crippen molar-refractivity contribution in [2.45, 2.75) is 23.8 Å². The first-order valence-corrected chi connectivity index (χ1v) is 6.82. The quantitative estimate of drug-likeness (QED) is 0.921. The zero-order chi connectivity index (χ0) is 14.0. The second kappa shape index (κ2) is 5.63. The number of carboxylic acid groups (broad SMARTS) is 1. The number of benzene rings is 1. The minimum Gasteiger partial charge on any atom is -0.476 e. The summed E-state index contributed by atoms with van der Waals surface area (Å²) in [6.45, 7) is 4.03. The van der Waals surface area contributed by atoms with Gasteiger partial charge in [0.05, 0.1) is 5.02 Å². The summed E-state index contributed by atoms with van der Waals surface area (Å²) in [5.41, 5.74) is 2.17. The van der Waals surface area contributed by atoms with E-state index in [-0.39, 0.29) is 10.7 Å². The molecule has 1 aromatic carbocycles. The minimum absolute atomic E-state index is 0.114. The predicted molar refractivity (Wildman–Crippen MR) is 76.2 cm³/mol. The first-order valence-electron chi connectivity index (χ1n) is 5.62. The number of carbonyl (C=O) groups is 1. The average molecular weight is 294 g/mol. The first kappa shape index (κ1) is 13.9. The van der Waals surface area contributed by atoms with E-state index in [9.17, 15) is 4.79 Å². The molecule has 5 heteroatoms. The molecule has 0 amide bonds. The van der Waals surface area contributed by atoms with Crippen molar-refractivity contribution in [3.63, 3.8) is 0 Å². The summed E-state index contributed by atoms with van der Waals surface area (Å²) in [6.07, 6.45) is 0. The highest BCUT2D eigenvalue weighted by atomic mass is 35.5. The van der Waals surface area contributed by atoms with Crippen molar-refractivity contribution in [1.82, 2.24) is 4.98 Å². The van der Waals surface area contributed by atoms with Gasteiger partial charge in [0.15, 0.2) is 5.69 Å². The van der Waals surface area contributed by atoms with Crippen molar-refractivity contribution in [2.24, 2.45) is 0 Å². The maximum atomic E-state index is 11.0. The van der Waals surface area contributed by atoms with Crippen LogP contribution in [0.25, 0.3) is 0 Å². The fourth-order valence-corrected chi connectivity index (χ4v) is 2.72. The van der Waals surface area contributed by atoms with Crippen molar-refractivity contribution in [3.8, 4) is 0 Å². The molecular weight excluding hydrogens is 282 g/mol. The number of carboxylic acids is 1. The highest BCUT2D eigenvalue weighted by Gasteiger charge is 2.12. The van der Waals surface area contributed by atoms with Crippen molar-refractivity contribution in [2.75, 3.05) is 0 Å². The standard InChI is InChI=1S/C14H12ClNO2S/c1-8-3-4-9(2)11(7-8)19-12-6-5-10(15)13(16-12)14(17)18/h3-7H,1-2H3,(H,17,18). The number of aromatic carboxylic acids is 1. The smallest absolute Gasteiger partial charge is 0.356 e. The summed E-state index contributed by atoms with van der Waals surface area (Å²) in [6, 6.07) is 9.41. The van der Waals surface area contributed by atoms with E-state index in [2.05, 4.69) is 11.1 Å². The molecule has 0 bridgehead atoms. The molecule has 3 nitrogen and oxygen atoms in total. The van der Waals surface area contributed by atoms with Gasteiger partial charge in [-0.05, 0) is 43.2 Å². The molecule has 0 saturated heterocycles. The third-order valence-electron chi connectivity index (χ3n) is 2.58. The van der Waals surface area contributed by atoms with E-state index in [1.165, 1.54) is 11.8 Å². The van der Waals surface area contributed by atoms with Gasteiger partial charge in [-0.15, -0.1) is 0 Å². The number of hydrogen-bond acceptors (Lipinski definition) is 3. The molecule has 98 valence electrons. The second-order valence-corrected chi connectivity index (χ2v) is 5.63. The van der Waals surface area contributed by atoms with Crippen LogP contribution in [0.2, 0.25) is 5.02 Å². The molecule has 19 heavy (non-hydrogen) atoms. The number of aryl methyl sites for hydroxylation is 2. The minimum atomic E-state index is -1.12. The van der Waals surface area contributed by atoms with Crippen LogP contribution in [0.5, 0.6) is 0 Å². The summed E-state index contributed by atoms with van der Waals surface area (Å²) in [5.74, 6) is -1.12. The fraction of sp³-hybridized carbons (Fsp3) is 0.143. The number of pyridine rings is 1. The average Bonchev–Trinajstić information content (AvgIpc) is 2.36. The van der Waals surface area contributed by atoms with E-state index in [4.69, 9.17) is 16.7 Å². The Hall–Kier alpha value is -1.52. The van der Waals surface area contributed by atoms with E-state index in [1.54, 1.807) is 12.1 Å². The third kappa shape index (κ3) is 3.28. The van der Waals surface area contributed by atoms with Gasteiger partial charge in [-0.3, -0.25) is 0 Å². The Bertz CT molecular complexity index is 643. The zero-order valence-electron chi connectivity index (χ0n) is 10.5. The predicted octanol–water partition coefficient (Wildman–Crippen LogP) is 4.20. The van der Waals surface area contributed by atoms with Crippen molar-refractivity contribution in [3.05, 3.63) is 52.2 Å². The van der Waals surface area contributed by atoms with Gasteiger partial charge in [-0.2, -0.15) is 0 Å². The molecule has 1 heterocycles. The molecular formula is C14H12ClNO2S. The second-order valence-electron chi connectivity index (χ2n) is 4.16. The number of rotatable bonds is 3. The lowest BCUT2D eigenvalue weighted by atomic mass is 10.2. The molecule has 0 unspecified atom stereocenters. The third-order valence-corrected chi connectivity index (χ3v) is 3.98. The van der Waals surface area contributed by atoms with Crippen LogP contribution in [0.15, 0.2) is 40.3 Å². The Kier molecular flexibility index (Phi) is 4.12. The molecule has 0 aliphatic carbocycles. The van der Waals surface area contributed by atoms with Crippen LogP contribution in [0, 0.1) is 13.8 Å². The van der Waals surface area contributed by atoms with Crippen LogP contribution in [0.1, 0.15) is 21.6 Å². The van der Waals surface area contributed by atoms with Crippen LogP contribution in [0.4, 0.5) is 0 Å². The van der Waals surface area contributed by atoms with Gasteiger partial charge in [0.25, 0.3) is 0 Å². The van der Waals surface area contributed by atoms with Gasteiger partial charge in [0.1, 0.15) is 5.03 Å². The monoisotopic (exact) mass is 293 g/mol. The van der Waals surface area contributed by atoms with Crippen molar-refractivity contribution < 1.29 is 9.90 Å². The fourth-order valence-electron chi connectivity index (χ4n) is 1.56. The molecule has 0 spiro atoms. The highest BCUT2D eigenvalue weighted by Crippen LogP contribution is 2.31. The molecule has 0 radical (unpaired) electrons.